The molecule has 1 aliphatic heterocycles. The van der Waals surface area contributed by atoms with Crippen LogP contribution < -0.4 is 4.74 Å². The molecule has 4 rings (SSSR count). The maximum absolute atomic E-state index is 12.5. The van der Waals surface area contributed by atoms with Crippen molar-refractivity contribution in [2.75, 3.05) is 26.8 Å². The molecule has 1 aliphatic carbocycles. The fraction of sp³-hybridized carbons (Fsp3) is 0.444. The average Bonchev–Trinajstić information content (AvgIpc) is 3.46. The summed E-state index contributed by atoms with van der Waals surface area (Å²) in [4.78, 5) is 0. The normalized spacial score (nSPS) is 22.6. The van der Waals surface area contributed by atoms with Gasteiger partial charge in [0.15, 0.2) is 0 Å². The first kappa shape index (κ1) is 15.9. The molecule has 2 aromatic rings. The van der Waals surface area contributed by atoms with Crippen LogP contribution >= 0.6 is 0 Å². The third kappa shape index (κ3) is 2.90. The van der Waals surface area contributed by atoms with Crippen LogP contribution in [0.2, 0.25) is 0 Å². The van der Waals surface area contributed by atoms with Gasteiger partial charge in [0.05, 0.1) is 25.1 Å². The van der Waals surface area contributed by atoms with Crippen molar-refractivity contribution in [3.63, 3.8) is 0 Å². The van der Waals surface area contributed by atoms with Crippen LogP contribution in [-0.4, -0.2) is 44.8 Å². The van der Waals surface area contributed by atoms with Crippen molar-refractivity contribution in [1.82, 2.24) is 4.31 Å². The summed E-state index contributed by atoms with van der Waals surface area (Å²) in [7, 11) is -1.49. The van der Waals surface area contributed by atoms with E-state index >= 15 is 0 Å². The topological polar surface area (TPSA) is 55.8 Å². The van der Waals surface area contributed by atoms with Crippen molar-refractivity contribution < 1.29 is 17.9 Å². The molecule has 1 atom stereocenters. The van der Waals surface area contributed by atoms with E-state index in [0.717, 1.165) is 34.9 Å². The van der Waals surface area contributed by atoms with E-state index in [9.17, 15) is 8.42 Å². The van der Waals surface area contributed by atoms with E-state index in [0.29, 0.717) is 19.7 Å². The maximum atomic E-state index is 12.5. The number of methoxy groups -OCH3 is 1. The standard InChI is InChI=1S/C18H21NO4S/c1-22-16-5-4-13-10-15(3-2-14(13)11-16)18-12-19(8-9-23-18)24(20,21)17-6-7-17/h2-5,10-11,17-18H,6-9,12H2,1H3. The molecule has 1 saturated carbocycles. The molecule has 0 radical (unpaired) electrons. The van der Waals surface area contributed by atoms with Crippen LogP contribution in [0.3, 0.4) is 0 Å². The minimum Gasteiger partial charge on any atom is -0.497 e. The molecular weight excluding hydrogens is 326 g/mol. The number of fused-ring (bicyclic) bond motifs is 1. The highest BCUT2D eigenvalue weighted by atomic mass is 32.2. The van der Waals surface area contributed by atoms with Crippen LogP contribution in [-0.2, 0) is 14.8 Å². The monoisotopic (exact) mass is 347 g/mol. The third-order valence-corrected chi connectivity index (χ3v) is 7.14. The van der Waals surface area contributed by atoms with Gasteiger partial charge in [-0.1, -0.05) is 18.2 Å². The Kier molecular flexibility index (Phi) is 3.98. The summed E-state index contributed by atoms with van der Waals surface area (Å²) < 4.78 is 37.6. The number of benzene rings is 2. The van der Waals surface area contributed by atoms with Gasteiger partial charge in [0, 0.05) is 13.1 Å². The lowest BCUT2D eigenvalue weighted by atomic mass is 10.0. The van der Waals surface area contributed by atoms with Gasteiger partial charge in [0.1, 0.15) is 5.75 Å². The summed E-state index contributed by atoms with van der Waals surface area (Å²) in [5, 5.41) is 2.02. The Balaban J connectivity index is 1.59. The highest BCUT2D eigenvalue weighted by Gasteiger charge is 2.42. The van der Waals surface area contributed by atoms with Gasteiger partial charge >= 0.3 is 0 Å². The molecule has 6 heteroatoms. The lowest BCUT2D eigenvalue weighted by Gasteiger charge is -2.32. The lowest BCUT2D eigenvalue weighted by Crippen LogP contribution is -2.43. The molecule has 0 aromatic heterocycles. The fourth-order valence-electron chi connectivity index (χ4n) is 3.20. The van der Waals surface area contributed by atoms with Crippen LogP contribution in [0.15, 0.2) is 36.4 Å². The summed E-state index contributed by atoms with van der Waals surface area (Å²) in [5.74, 6) is 0.825. The van der Waals surface area contributed by atoms with E-state index < -0.39 is 10.0 Å². The van der Waals surface area contributed by atoms with Gasteiger partial charge in [0.25, 0.3) is 0 Å². The van der Waals surface area contributed by atoms with Crippen molar-refractivity contribution in [2.45, 2.75) is 24.2 Å². The predicted molar refractivity (Wildman–Crippen MR) is 92.7 cm³/mol. The van der Waals surface area contributed by atoms with E-state index in [-0.39, 0.29) is 11.4 Å². The number of rotatable bonds is 4. The van der Waals surface area contributed by atoms with E-state index in [1.165, 1.54) is 0 Å². The molecule has 1 heterocycles. The number of nitrogens with zero attached hydrogens (tertiary/aromatic N) is 1. The van der Waals surface area contributed by atoms with E-state index in [2.05, 4.69) is 6.07 Å². The Morgan fingerprint density at radius 2 is 1.88 bits per heavy atom. The Morgan fingerprint density at radius 3 is 2.62 bits per heavy atom. The molecule has 0 amide bonds. The minimum absolute atomic E-state index is 0.166. The Labute approximate surface area is 142 Å². The fourth-order valence-corrected chi connectivity index (χ4v) is 5.03. The second kappa shape index (κ2) is 6.02. The summed E-state index contributed by atoms with van der Waals surface area (Å²) >= 11 is 0. The van der Waals surface area contributed by atoms with Crippen LogP contribution in [0.1, 0.15) is 24.5 Å². The van der Waals surface area contributed by atoms with Gasteiger partial charge in [-0.3, -0.25) is 0 Å². The van der Waals surface area contributed by atoms with E-state index in [1.54, 1.807) is 11.4 Å². The highest BCUT2D eigenvalue weighted by Crippen LogP contribution is 2.34. The zero-order valence-electron chi connectivity index (χ0n) is 13.6. The first-order valence-corrected chi connectivity index (χ1v) is 9.76. The molecule has 128 valence electrons. The zero-order chi connectivity index (χ0) is 16.7. The molecule has 0 spiro atoms. The van der Waals surface area contributed by atoms with Gasteiger partial charge in [0.2, 0.25) is 10.0 Å². The zero-order valence-corrected chi connectivity index (χ0v) is 14.5. The molecule has 0 bridgehead atoms. The van der Waals surface area contributed by atoms with Gasteiger partial charge in [-0.05, 0) is 47.4 Å². The van der Waals surface area contributed by atoms with Crippen molar-refractivity contribution >= 4 is 20.8 Å². The molecule has 2 fully saturated rings. The molecule has 2 aromatic carbocycles. The van der Waals surface area contributed by atoms with Crippen LogP contribution in [0.4, 0.5) is 0 Å². The first-order chi connectivity index (χ1) is 11.6. The van der Waals surface area contributed by atoms with Gasteiger partial charge < -0.3 is 9.47 Å². The van der Waals surface area contributed by atoms with Crippen molar-refractivity contribution in [2.24, 2.45) is 0 Å². The SMILES string of the molecule is COc1ccc2cc(C3CN(S(=O)(=O)C4CC4)CCO3)ccc2c1. The number of morpholine rings is 1. The van der Waals surface area contributed by atoms with E-state index in [1.807, 2.05) is 30.3 Å². The van der Waals surface area contributed by atoms with Crippen LogP contribution in [0.5, 0.6) is 5.75 Å². The first-order valence-electron chi connectivity index (χ1n) is 8.26. The summed E-state index contributed by atoms with van der Waals surface area (Å²) in [6.45, 7) is 1.30. The molecule has 1 unspecified atom stereocenters. The van der Waals surface area contributed by atoms with Crippen molar-refractivity contribution in [1.29, 1.82) is 0 Å². The lowest BCUT2D eigenvalue weighted by molar-refractivity contribution is -0.00253. The number of sulfonamides is 1. The van der Waals surface area contributed by atoms with Crippen molar-refractivity contribution in [3.05, 3.63) is 42.0 Å². The van der Waals surface area contributed by atoms with Gasteiger partial charge in [-0.25, -0.2) is 8.42 Å². The summed E-state index contributed by atoms with van der Waals surface area (Å²) in [5.41, 5.74) is 1.02. The molecule has 0 N–H and O–H groups in total. The predicted octanol–water partition coefficient (Wildman–Crippen LogP) is 2.71. The average molecular weight is 347 g/mol. The van der Waals surface area contributed by atoms with Crippen LogP contribution in [0.25, 0.3) is 10.8 Å². The van der Waals surface area contributed by atoms with E-state index in [4.69, 9.17) is 9.47 Å². The molecular formula is C18H21NO4S. The molecule has 2 aliphatic rings. The second-order valence-corrected chi connectivity index (χ2v) is 8.65. The number of ether oxygens (including phenoxy) is 2. The molecule has 24 heavy (non-hydrogen) atoms. The Hall–Kier alpha value is -1.63. The molecule has 1 saturated heterocycles. The van der Waals surface area contributed by atoms with Crippen LogP contribution in [0, 0.1) is 0 Å². The Bertz CT molecular complexity index is 860. The largest absolute Gasteiger partial charge is 0.497 e. The summed E-state index contributed by atoms with van der Waals surface area (Å²) in [6.07, 6.45) is 1.38. The minimum atomic E-state index is -3.14. The second-order valence-electron chi connectivity index (χ2n) is 6.43. The third-order valence-electron chi connectivity index (χ3n) is 4.78. The molecule has 5 nitrogen and oxygen atoms in total. The van der Waals surface area contributed by atoms with Crippen molar-refractivity contribution in [3.8, 4) is 5.75 Å². The number of hydrogen-bond acceptors (Lipinski definition) is 4. The number of hydrogen-bond donors (Lipinski definition) is 0. The van der Waals surface area contributed by atoms with Gasteiger partial charge in [-0.2, -0.15) is 4.31 Å². The Morgan fingerprint density at radius 1 is 1.12 bits per heavy atom. The highest BCUT2D eigenvalue weighted by molar-refractivity contribution is 7.90. The maximum Gasteiger partial charge on any atom is 0.217 e. The smallest absolute Gasteiger partial charge is 0.217 e. The van der Waals surface area contributed by atoms with Gasteiger partial charge in [-0.15, -0.1) is 0 Å². The quantitative estimate of drug-likeness (QED) is 0.853. The summed E-state index contributed by atoms with van der Waals surface area (Å²) in [6, 6.07) is 12.1.